The Labute approximate surface area is 65.1 Å². The molecular formula is C9H10O2. The van der Waals surface area contributed by atoms with Crippen molar-refractivity contribution in [1.29, 1.82) is 0 Å². The smallest absolute Gasteiger partial charge is 0.119 e. The van der Waals surface area contributed by atoms with E-state index in [0.717, 1.165) is 12.0 Å². The van der Waals surface area contributed by atoms with E-state index in [9.17, 15) is 5.11 Å². The van der Waals surface area contributed by atoms with Gasteiger partial charge in [-0.25, -0.2) is 0 Å². The van der Waals surface area contributed by atoms with E-state index < -0.39 is 0 Å². The topological polar surface area (TPSA) is 40.5 Å². The van der Waals surface area contributed by atoms with Crippen molar-refractivity contribution in [2.24, 2.45) is 0 Å². The summed E-state index contributed by atoms with van der Waals surface area (Å²) in [7, 11) is 0. The van der Waals surface area contributed by atoms with Crippen molar-refractivity contribution in [3.63, 3.8) is 0 Å². The first-order valence-corrected chi connectivity index (χ1v) is 3.74. The minimum atomic E-state index is 0.143. The van der Waals surface area contributed by atoms with Crippen LogP contribution < -0.4 is 0 Å². The molecule has 0 aliphatic heterocycles. The molecule has 1 aliphatic carbocycles. The highest BCUT2D eigenvalue weighted by atomic mass is 16.3. The summed E-state index contributed by atoms with van der Waals surface area (Å²) in [6, 6.07) is 5.49. The van der Waals surface area contributed by atoms with E-state index >= 15 is 0 Å². The van der Waals surface area contributed by atoms with Crippen molar-refractivity contribution < 1.29 is 10.2 Å². The summed E-state index contributed by atoms with van der Waals surface area (Å²) >= 11 is 0. The number of phenols is 1. The fourth-order valence-corrected chi connectivity index (χ4v) is 1.64. The lowest BCUT2D eigenvalue weighted by molar-refractivity contribution is 0.249. The summed E-state index contributed by atoms with van der Waals surface area (Å²) in [4.78, 5) is 0. The van der Waals surface area contributed by atoms with E-state index in [-0.39, 0.29) is 12.5 Å². The number of rotatable bonds is 1. The largest absolute Gasteiger partial charge is 0.508 e. The quantitative estimate of drug-likeness (QED) is 0.627. The van der Waals surface area contributed by atoms with Crippen LogP contribution in [0.25, 0.3) is 0 Å². The second-order valence-corrected chi connectivity index (χ2v) is 2.93. The predicted octanol–water partition coefficient (Wildman–Crippen LogP) is 1.02. The number of benzene rings is 1. The fraction of sp³-hybridized carbons (Fsp3) is 0.333. The van der Waals surface area contributed by atoms with Crippen LogP contribution in [0, 0.1) is 0 Å². The van der Waals surface area contributed by atoms with E-state index in [2.05, 4.69) is 0 Å². The van der Waals surface area contributed by atoms with Crippen LogP contribution in [0.1, 0.15) is 17.0 Å². The molecule has 2 rings (SSSR count). The summed E-state index contributed by atoms with van der Waals surface area (Å²) in [6.45, 7) is 0.143. The second-order valence-electron chi connectivity index (χ2n) is 2.93. The minimum Gasteiger partial charge on any atom is -0.508 e. The van der Waals surface area contributed by atoms with Gasteiger partial charge in [0, 0.05) is 11.5 Å². The molecule has 2 heteroatoms. The third kappa shape index (κ3) is 0.828. The third-order valence-electron chi connectivity index (χ3n) is 2.27. The maximum absolute atomic E-state index is 9.34. The molecule has 0 amide bonds. The normalized spacial score (nSPS) is 20.6. The number of phenolic OH excluding ortho intramolecular Hbond substituents is 1. The van der Waals surface area contributed by atoms with Gasteiger partial charge in [-0.3, -0.25) is 0 Å². The highest BCUT2D eigenvalue weighted by molar-refractivity contribution is 5.49. The lowest BCUT2D eigenvalue weighted by Crippen LogP contribution is -2.20. The Kier molecular flexibility index (Phi) is 1.36. The maximum Gasteiger partial charge on any atom is 0.119 e. The standard InChI is InChI=1S/C9H10O2/c10-5-7-4-6-2-1-3-8(11)9(6)7/h1-3,7,10-11H,4-5H2. The minimum absolute atomic E-state index is 0.143. The molecule has 11 heavy (non-hydrogen) atoms. The van der Waals surface area contributed by atoms with Crippen LogP contribution in [-0.4, -0.2) is 16.8 Å². The highest BCUT2D eigenvalue weighted by Crippen LogP contribution is 2.40. The van der Waals surface area contributed by atoms with Crippen LogP contribution in [-0.2, 0) is 6.42 Å². The molecule has 1 aromatic rings. The first kappa shape index (κ1) is 6.68. The lowest BCUT2D eigenvalue weighted by Gasteiger charge is -2.28. The third-order valence-corrected chi connectivity index (χ3v) is 2.27. The van der Waals surface area contributed by atoms with Gasteiger partial charge < -0.3 is 10.2 Å². The van der Waals surface area contributed by atoms with Crippen molar-refractivity contribution in [3.05, 3.63) is 29.3 Å². The zero-order valence-electron chi connectivity index (χ0n) is 6.12. The Morgan fingerprint density at radius 2 is 2.27 bits per heavy atom. The van der Waals surface area contributed by atoms with Crippen molar-refractivity contribution in [2.75, 3.05) is 6.61 Å². The van der Waals surface area contributed by atoms with Gasteiger partial charge in [-0.1, -0.05) is 12.1 Å². The first-order chi connectivity index (χ1) is 5.33. The number of aliphatic hydroxyl groups is 1. The molecule has 58 valence electrons. The zero-order valence-corrected chi connectivity index (χ0v) is 6.12. The van der Waals surface area contributed by atoms with Gasteiger partial charge in [0.2, 0.25) is 0 Å². The van der Waals surface area contributed by atoms with Crippen LogP contribution in [0.4, 0.5) is 0 Å². The summed E-state index contributed by atoms with van der Waals surface area (Å²) in [5.74, 6) is 0.499. The molecule has 1 aliphatic rings. The van der Waals surface area contributed by atoms with E-state index in [0.29, 0.717) is 5.75 Å². The molecule has 1 atom stereocenters. The van der Waals surface area contributed by atoms with Crippen LogP contribution in [0.3, 0.4) is 0 Å². The predicted molar refractivity (Wildman–Crippen MR) is 41.6 cm³/mol. The Hall–Kier alpha value is -1.02. The van der Waals surface area contributed by atoms with Gasteiger partial charge in [0.1, 0.15) is 5.75 Å². The molecule has 0 spiro atoms. The van der Waals surface area contributed by atoms with Crippen LogP contribution >= 0.6 is 0 Å². The monoisotopic (exact) mass is 150 g/mol. The van der Waals surface area contributed by atoms with E-state index in [4.69, 9.17) is 5.11 Å². The van der Waals surface area contributed by atoms with Gasteiger partial charge in [-0.05, 0) is 18.1 Å². The van der Waals surface area contributed by atoms with Gasteiger partial charge in [0.25, 0.3) is 0 Å². The summed E-state index contributed by atoms with van der Waals surface area (Å²) in [5, 5.41) is 18.2. The van der Waals surface area contributed by atoms with Crippen LogP contribution in [0.15, 0.2) is 18.2 Å². The van der Waals surface area contributed by atoms with Crippen molar-refractivity contribution in [1.82, 2.24) is 0 Å². The number of fused-ring (bicyclic) bond motifs is 1. The van der Waals surface area contributed by atoms with E-state index in [1.54, 1.807) is 6.07 Å². The number of hydrogen-bond donors (Lipinski definition) is 2. The van der Waals surface area contributed by atoms with Crippen molar-refractivity contribution in [3.8, 4) is 5.75 Å². The first-order valence-electron chi connectivity index (χ1n) is 3.74. The SMILES string of the molecule is OCC1Cc2cccc(O)c21. The maximum atomic E-state index is 9.34. The number of aromatic hydroxyl groups is 1. The van der Waals surface area contributed by atoms with Gasteiger partial charge in [0.05, 0.1) is 6.61 Å². The van der Waals surface area contributed by atoms with Crippen LogP contribution in [0.5, 0.6) is 5.75 Å². The molecular weight excluding hydrogens is 140 g/mol. The van der Waals surface area contributed by atoms with Gasteiger partial charge >= 0.3 is 0 Å². The van der Waals surface area contributed by atoms with Crippen molar-refractivity contribution >= 4 is 0 Å². The Balaban J connectivity index is 2.43. The second kappa shape index (κ2) is 2.24. The summed E-state index contributed by atoms with van der Waals surface area (Å²) in [6.07, 6.45) is 0.903. The molecule has 0 bridgehead atoms. The summed E-state index contributed by atoms with van der Waals surface area (Å²) < 4.78 is 0. The molecule has 0 fully saturated rings. The van der Waals surface area contributed by atoms with Gasteiger partial charge in [0.15, 0.2) is 0 Å². The fourth-order valence-electron chi connectivity index (χ4n) is 1.64. The molecule has 2 nitrogen and oxygen atoms in total. The highest BCUT2D eigenvalue weighted by Gasteiger charge is 2.27. The molecule has 0 saturated heterocycles. The Morgan fingerprint density at radius 3 is 2.91 bits per heavy atom. The molecule has 0 aromatic heterocycles. The molecule has 0 saturated carbocycles. The van der Waals surface area contributed by atoms with E-state index in [1.807, 2.05) is 12.1 Å². The Morgan fingerprint density at radius 1 is 1.45 bits per heavy atom. The zero-order chi connectivity index (χ0) is 7.84. The molecule has 0 radical (unpaired) electrons. The molecule has 0 heterocycles. The number of hydrogen-bond acceptors (Lipinski definition) is 2. The Bertz CT molecular complexity index is 267. The average molecular weight is 150 g/mol. The molecule has 2 N–H and O–H groups in total. The molecule has 1 unspecified atom stereocenters. The summed E-state index contributed by atoms with van der Waals surface area (Å²) in [5.41, 5.74) is 2.11. The van der Waals surface area contributed by atoms with E-state index in [1.165, 1.54) is 5.56 Å². The van der Waals surface area contributed by atoms with Gasteiger partial charge in [-0.2, -0.15) is 0 Å². The average Bonchev–Trinajstić information content (AvgIpc) is 1.93. The molecule has 1 aromatic carbocycles. The van der Waals surface area contributed by atoms with Gasteiger partial charge in [-0.15, -0.1) is 0 Å². The number of aliphatic hydroxyl groups excluding tert-OH is 1. The lowest BCUT2D eigenvalue weighted by atomic mass is 9.77. The van der Waals surface area contributed by atoms with Crippen molar-refractivity contribution in [2.45, 2.75) is 12.3 Å². The van der Waals surface area contributed by atoms with Crippen LogP contribution in [0.2, 0.25) is 0 Å².